The zero-order valence-electron chi connectivity index (χ0n) is 25.6. The third kappa shape index (κ3) is 6.63. The highest BCUT2D eigenvalue weighted by molar-refractivity contribution is 7.90. The van der Waals surface area contributed by atoms with Crippen LogP contribution in [0.1, 0.15) is 67.6 Å². The predicted molar refractivity (Wildman–Crippen MR) is 173 cm³/mol. The minimum atomic E-state index is -3.57. The first-order chi connectivity index (χ1) is 22.5. The Labute approximate surface area is 270 Å². The molecule has 1 N–H and O–H groups in total. The Morgan fingerprint density at radius 1 is 0.894 bits per heavy atom. The number of amides is 3. The second-order valence-electron chi connectivity index (χ2n) is 11.4. The van der Waals surface area contributed by atoms with E-state index in [1.807, 2.05) is 0 Å². The number of sulfone groups is 1. The van der Waals surface area contributed by atoms with E-state index in [-0.39, 0.29) is 28.8 Å². The van der Waals surface area contributed by atoms with Crippen LogP contribution in [0.4, 0.5) is 4.39 Å². The van der Waals surface area contributed by atoms with Gasteiger partial charge in [-0.2, -0.15) is 4.39 Å². The van der Waals surface area contributed by atoms with Crippen molar-refractivity contribution in [1.82, 2.24) is 25.2 Å². The number of unbranched alkanes of at least 4 members (excludes halogenated alkanes) is 1. The van der Waals surface area contributed by atoms with Gasteiger partial charge in [-0.1, -0.05) is 24.3 Å². The van der Waals surface area contributed by atoms with E-state index in [1.165, 1.54) is 17.0 Å². The number of halogens is 1. The van der Waals surface area contributed by atoms with Crippen LogP contribution in [0.25, 0.3) is 22.3 Å². The molecular formula is C35H30FN5O5S. The summed E-state index contributed by atoms with van der Waals surface area (Å²) in [6.07, 6.45) is 4.10. The van der Waals surface area contributed by atoms with Gasteiger partial charge in [0.1, 0.15) is 0 Å². The molecule has 2 aromatic carbocycles. The topological polar surface area (TPSA) is 139 Å². The lowest BCUT2D eigenvalue weighted by Crippen LogP contribution is -2.31. The van der Waals surface area contributed by atoms with Gasteiger partial charge in [0, 0.05) is 29.9 Å². The SMILES string of the molecule is Cc1ccc(C(=O)NC(CCCCN2C(=O)c3ccccc3C2=O)c2cc3nc(-c4cccc(F)n4)ccc3cn2)cc1S(C)(=O)=O. The van der Waals surface area contributed by atoms with Crippen LogP contribution in [0.3, 0.4) is 0 Å². The van der Waals surface area contributed by atoms with Crippen molar-refractivity contribution in [1.29, 1.82) is 0 Å². The van der Waals surface area contributed by atoms with Crippen LogP contribution < -0.4 is 5.32 Å². The fourth-order valence-corrected chi connectivity index (χ4v) is 6.65. The standard InChI is InChI=1S/C35H30FN5O5S/c1-21-13-14-22(18-31(21)47(2,45)46)33(42)40-27(10-5-6-17-41-34(43)24-8-3-4-9-25(24)35(41)44)30-19-29-23(20-37-30)15-16-28(38-29)26-11-7-12-32(36)39-26/h3-4,7-9,11-16,18-20,27H,5-6,10,17H2,1-2H3,(H,40,42). The maximum Gasteiger partial charge on any atom is 0.261 e. The van der Waals surface area contributed by atoms with E-state index in [2.05, 4.69) is 20.3 Å². The number of carbonyl (C=O) groups excluding carboxylic acids is 3. The Kier molecular flexibility index (Phi) is 8.61. The first-order valence-corrected chi connectivity index (χ1v) is 16.8. The molecule has 47 heavy (non-hydrogen) atoms. The molecule has 5 aromatic rings. The molecule has 6 rings (SSSR count). The fraction of sp³-hybridized carbons (Fsp3) is 0.200. The van der Waals surface area contributed by atoms with E-state index >= 15 is 0 Å². The Morgan fingerprint density at radius 3 is 2.32 bits per heavy atom. The number of nitrogens with zero attached hydrogens (tertiary/aromatic N) is 4. The summed E-state index contributed by atoms with van der Waals surface area (Å²) in [5.41, 5.74) is 3.35. The molecule has 0 radical (unpaired) electrons. The van der Waals surface area contributed by atoms with Crippen LogP contribution in [-0.4, -0.2) is 58.8 Å². The lowest BCUT2D eigenvalue weighted by molar-refractivity contribution is 0.0651. The van der Waals surface area contributed by atoms with E-state index in [0.717, 1.165) is 11.6 Å². The van der Waals surface area contributed by atoms with Crippen LogP contribution in [-0.2, 0) is 9.84 Å². The minimum Gasteiger partial charge on any atom is -0.344 e. The Balaban J connectivity index is 1.26. The number of aryl methyl sites for hydroxylation is 1. The first kappa shape index (κ1) is 31.6. The third-order valence-corrected chi connectivity index (χ3v) is 9.33. The van der Waals surface area contributed by atoms with Crippen molar-refractivity contribution in [3.8, 4) is 11.4 Å². The summed E-state index contributed by atoms with van der Waals surface area (Å²) in [4.78, 5) is 53.6. The number of hydrogen-bond acceptors (Lipinski definition) is 8. The number of benzene rings is 2. The van der Waals surface area contributed by atoms with Crippen molar-refractivity contribution >= 4 is 38.5 Å². The summed E-state index contributed by atoms with van der Waals surface area (Å²) >= 11 is 0. The van der Waals surface area contributed by atoms with E-state index in [9.17, 15) is 27.2 Å². The fourth-order valence-electron chi connectivity index (χ4n) is 5.65. The summed E-state index contributed by atoms with van der Waals surface area (Å²) in [6, 6.07) is 20.3. The second-order valence-corrected chi connectivity index (χ2v) is 13.4. The van der Waals surface area contributed by atoms with E-state index in [4.69, 9.17) is 0 Å². The number of hydrogen-bond donors (Lipinski definition) is 1. The molecular weight excluding hydrogens is 621 g/mol. The van der Waals surface area contributed by atoms with Crippen LogP contribution in [0.15, 0.2) is 90.0 Å². The molecule has 0 saturated carbocycles. The van der Waals surface area contributed by atoms with Gasteiger partial charge in [0.2, 0.25) is 5.95 Å². The van der Waals surface area contributed by atoms with Gasteiger partial charge in [-0.25, -0.2) is 18.4 Å². The zero-order valence-corrected chi connectivity index (χ0v) is 26.4. The second kappa shape index (κ2) is 12.8. The van der Waals surface area contributed by atoms with Gasteiger partial charge in [0.25, 0.3) is 17.7 Å². The number of pyridine rings is 3. The summed E-state index contributed by atoms with van der Waals surface area (Å²) in [6.45, 7) is 1.87. The van der Waals surface area contributed by atoms with Crippen molar-refractivity contribution in [2.75, 3.05) is 12.8 Å². The molecule has 0 spiro atoms. The predicted octanol–water partition coefficient (Wildman–Crippen LogP) is 5.48. The van der Waals surface area contributed by atoms with Gasteiger partial charge in [-0.15, -0.1) is 0 Å². The summed E-state index contributed by atoms with van der Waals surface area (Å²) in [5.74, 6) is -1.78. The molecule has 238 valence electrons. The molecule has 4 heterocycles. The molecule has 1 aliphatic rings. The molecule has 0 fully saturated rings. The maximum absolute atomic E-state index is 13.8. The molecule has 0 bridgehead atoms. The molecule has 1 atom stereocenters. The van der Waals surface area contributed by atoms with Crippen molar-refractivity contribution in [3.63, 3.8) is 0 Å². The average Bonchev–Trinajstić information content (AvgIpc) is 3.30. The van der Waals surface area contributed by atoms with Crippen LogP contribution in [0.5, 0.6) is 0 Å². The number of fused-ring (bicyclic) bond motifs is 2. The monoisotopic (exact) mass is 651 g/mol. The number of carbonyl (C=O) groups is 3. The van der Waals surface area contributed by atoms with E-state index in [1.54, 1.807) is 79.9 Å². The van der Waals surface area contributed by atoms with E-state index < -0.39 is 27.7 Å². The largest absolute Gasteiger partial charge is 0.344 e. The molecule has 3 aromatic heterocycles. The smallest absolute Gasteiger partial charge is 0.261 e. The molecule has 0 saturated heterocycles. The lowest BCUT2D eigenvalue weighted by Gasteiger charge is -2.20. The zero-order chi connectivity index (χ0) is 33.3. The summed E-state index contributed by atoms with van der Waals surface area (Å²) < 4.78 is 38.4. The highest BCUT2D eigenvalue weighted by Gasteiger charge is 2.34. The Morgan fingerprint density at radius 2 is 1.62 bits per heavy atom. The highest BCUT2D eigenvalue weighted by Crippen LogP contribution is 2.27. The maximum atomic E-state index is 13.8. The molecule has 10 nitrogen and oxygen atoms in total. The van der Waals surface area contributed by atoms with Gasteiger partial charge in [-0.3, -0.25) is 24.3 Å². The number of rotatable bonds is 10. The van der Waals surface area contributed by atoms with Crippen LogP contribution in [0.2, 0.25) is 0 Å². The van der Waals surface area contributed by atoms with Gasteiger partial charge in [0.15, 0.2) is 9.84 Å². The number of aromatic nitrogens is 3. The highest BCUT2D eigenvalue weighted by atomic mass is 32.2. The third-order valence-electron chi connectivity index (χ3n) is 8.09. The van der Waals surface area contributed by atoms with Crippen LogP contribution >= 0.6 is 0 Å². The van der Waals surface area contributed by atoms with Gasteiger partial charge in [0.05, 0.1) is 44.7 Å². The first-order valence-electron chi connectivity index (χ1n) is 15.0. The lowest BCUT2D eigenvalue weighted by atomic mass is 10.0. The molecule has 3 amide bonds. The van der Waals surface area contributed by atoms with Crippen LogP contribution in [0, 0.1) is 12.9 Å². The van der Waals surface area contributed by atoms with Crippen molar-refractivity contribution in [2.45, 2.75) is 37.1 Å². The number of imide groups is 1. The number of nitrogens with one attached hydrogen (secondary N) is 1. The van der Waals surface area contributed by atoms with Crippen molar-refractivity contribution in [2.24, 2.45) is 0 Å². The average molecular weight is 652 g/mol. The summed E-state index contributed by atoms with van der Waals surface area (Å²) in [7, 11) is -3.57. The normalized spacial score (nSPS) is 13.6. The molecule has 0 aliphatic carbocycles. The Bertz CT molecular complexity index is 2140. The molecule has 1 unspecified atom stereocenters. The molecule has 12 heteroatoms. The van der Waals surface area contributed by atoms with Crippen molar-refractivity contribution in [3.05, 3.63) is 119 Å². The van der Waals surface area contributed by atoms with Gasteiger partial charge >= 0.3 is 0 Å². The van der Waals surface area contributed by atoms with E-state index in [0.29, 0.717) is 58.6 Å². The minimum absolute atomic E-state index is 0.0640. The van der Waals surface area contributed by atoms with Gasteiger partial charge in [-0.05, 0) is 86.3 Å². The molecule has 1 aliphatic heterocycles. The Hall–Kier alpha value is -5.36. The quantitative estimate of drug-likeness (QED) is 0.119. The van der Waals surface area contributed by atoms with Crippen molar-refractivity contribution < 1.29 is 27.2 Å². The van der Waals surface area contributed by atoms with Gasteiger partial charge < -0.3 is 5.32 Å². The summed E-state index contributed by atoms with van der Waals surface area (Å²) in [5, 5.41) is 3.72.